The maximum Gasteiger partial charge on any atom is 0.253 e. The molecule has 0 bridgehead atoms. The molecule has 1 aromatic rings. The molecule has 2 heterocycles. The lowest BCUT2D eigenvalue weighted by Gasteiger charge is -2.16. The van der Waals surface area contributed by atoms with Gasteiger partial charge in [-0.25, -0.2) is 0 Å². The van der Waals surface area contributed by atoms with E-state index in [1.165, 1.54) is 0 Å². The Balaban J connectivity index is 1.83. The molecule has 1 aliphatic rings. The first-order chi connectivity index (χ1) is 10.5. The number of ether oxygens (including phenoxy) is 2. The number of nitrogens with one attached hydrogen (secondary N) is 2. The van der Waals surface area contributed by atoms with Crippen molar-refractivity contribution in [3.63, 3.8) is 0 Å². The fourth-order valence-corrected chi connectivity index (χ4v) is 2.52. The Morgan fingerprint density at radius 3 is 2.95 bits per heavy atom. The van der Waals surface area contributed by atoms with Gasteiger partial charge in [0.25, 0.3) is 5.56 Å². The number of aryl methyl sites for hydroxylation is 2. The third-order valence-corrected chi connectivity index (χ3v) is 3.86. The largest absolute Gasteiger partial charge is 0.376 e. The lowest BCUT2D eigenvalue weighted by Crippen LogP contribution is -2.37. The Hall–Kier alpha value is -1.66. The van der Waals surface area contributed by atoms with Crippen molar-refractivity contribution in [2.75, 3.05) is 13.2 Å². The van der Waals surface area contributed by atoms with Crippen LogP contribution in [0.5, 0.6) is 0 Å². The zero-order valence-corrected chi connectivity index (χ0v) is 13.4. The van der Waals surface area contributed by atoms with E-state index in [1.807, 2.05) is 19.9 Å². The summed E-state index contributed by atoms with van der Waals surface area (Å²) in [5.74, 6) is -0.225. The second-order valence-electron chi connectivity index (χ2n) is 5.77. The van der Waals surface area contributed by atoms with Gasteiger partial charge in [0.15, 0.2) is 0 Å². The molecule has 22 heavy (non-hydrogen) atoms. The molecular formula is C16H24N2O4. The predicted molar refractivity (Wildman–Crippen MR) is 82.8 cm³/mol. The maximum atomic E-state index is 12.0. The summed E-state index contributed by atoms with van der Waals surface area (Å²) in [7, 11) is 0. The van der Waals surface area contributed by atoms with Gasteiger partial charge in [-0.15, -0.1) is 0 Å². The number of aromatic nitrogens is 1. The van der Waals surface area contributed by atoms with E-state index in [1.54, 1.807) is 6.92 Å². The van der Waals surface area contributed by atoms with Crippen molar-refractivity contribution in [1.82, 2.24) is 10.3 Å². The first-order valence-corrected chi connectivity index (χ1v) is 7.67. The van der Waals surface area contributed by atoms with Crippen molar-refractivity contribution in [1.29, 1.82) is 0 Å². The highest BCUT2D eigenvalue weighted by atomic mass is 16.5. The molecule has 1 aromatic heterocycles. The first-order valence-electron chi connectivity index (χ1n) is 7.67. The van der Waals surface area contributed by atoms with Gasteiger partial charge in [-0.3, -0.25) is 9.59 Å². The lowest BCUT2D eigenvalue weighted by atomic mass is 10.1. The van der Waals surface area contributed by atoms with Gasteiger partial charge in [0.1, 0.15) is 6.10 Å². The molecule has 0 aromatic carbocycles. The monoisotopic (exact) mass is 308 g/mol. The summed E-state index contributed by atoms with van der Waals surface area (Å²) in [5.41, 5.74) is 2.09. The van der Waals surface area contributed by atoms with Crippen molar-refractivity contribution in [2.45, 2.75) is 52.4 Å². The average Bonchev–Trinajstić information content (AvgIpc) is 2.96. The van der Waals surface area contributed by atoms with Crippen LogP contribution < -0.4 is 10.9 Å². The molecule has 2 rings (SSSR count). The Morgan fingerprint density at radius 1 is 1.55 bits per heavy atom. The molecule has 2 atom stereocenters. The molecule has 6 nitrogen and oxygen atoms in total. The maximum absolute atomic E-state index is 12.0. The van der Waals surface area contributed by atoms with Crippen LogP contribution in [0.25, 0.3) is 0 Å². The van der Waals surface area contributed by atoms with Gasteiger partial charge >= 0.3 is 0 Å². The van der Waals surface area contributed by atoms with E-state index in [0.717, 1.165) is 30.7 Å². The van der Waals surface area contributed by atoms with Gasteiger partial charge < -0.3 is 19.8 Å². The standard InChI is InChI=1S/C16H24N2O4/c1-10-7-11(2)18-16(20)14(10)8-17-15(19)12(3)22-9-13-5-4-6-21-13/h7,12-13H,4-6,8-9H2,1-3H3,(H,17,19)(H,18,20)/t12-,13+/m0/s1. The normalized spacial score (nSPS) is 19.1. The molecule has 0 radical (unpaired) electrons. The molecule has 1 saturated heterocycles. The molecule has 1 aliphatic heterocycles. The number of H-pyrrole nitrogens is 1. The van der Waals surface area contributed by atoms with Crippen LogP contribution in [-0.4, -0.2) is 36.3 Å². The Bertz CT molecular complexity index is 576. The molecule has 2 N–H and O–H groups in total. The number of hydrogen-bond donors (Lipinski definition) is 2. The second kappa shape index (κ2) is 7.56. The highest BCUT2D eigenvalue weighted by Crippen LogP contribution is 2.12. The summed E-state index contributed by atoms with van der Waals surface area (Å²) in [6.45, 7) is 6.80. The number of hydrogen-bond acceptors (Lipinski definition) is 4. The van der Waals surface area contributed by atoms with Gasteiger partial charge in [-0.1, -0.05) is 0 Å². The van der Waals surface area contributed by atoms with Crippen molar-refractivity contribution in [3.8, 4) is 0 Å². The molecule has 6 heteroatoms. The molecule has 0 unspecified atom stereocenters. The minimum atomic E-state index is -0.561. The highest BCUT2D eigenvalue weighted by molar-refractivity contribution is 5.80. The third-order valence-electron chi connectivity index (χ3n) is 3.86. The summed E-state index contributed by atoms with van der Waals surface area (Å²) in [5, 5.41) is 2.75. The van der Waals surface area contributed by atoms with E-state index in [9.17, 15) is 9.59 Å². The van der Waals surface area contributed by atoms with Crippen LogP contribution in [-0.2, 0) is 20.8 Å². The summed E-state index contributed by atoms with van der Waals surface area (Å²) < 4.78 is 11.0. The third kappa shape index (κ3) is 4.42. The van der Waals surface area contributed by atoms with Gasteiger partial charge in [-0.2, -0.15) is 0 Å². The van der Waals surface area contributed by atoms with Crippen LogP contribution in [0.1, 0.15) is 36.6 Å². The Morgan fingerprint density at radius 2 is 2.32 bits per heavy atom. The van der Waals surface area contributed by atoms with E-state index >= 15 is 0 Å². The van der Waals surface area contributed by atoms with Crippen LogP contribution in [0, 0.1) is 13.8 Å². The van der Waals surface area contributed by atoms with Crippen molar-refractivity contribution >= 4 is 5.91 Å². The number of carbonyl (C=O) groups excluding carboxylic acids is 1. The average molecular weight is 308 g/mol. The van der Waals surface area contributed by atoms with Gasteiger partial charge in [0.2, 0.25) is 5.91 Å². The number of rotatable bonds is 6. The zero-order chi connectivity index (χ0) is 16.1. The molecule has 122 valence electrons. The summed E-state index contributed by atoms with van der Waals surface area (Å²) in [6.07, 6.45) is 1.56. The molecule has 0 saturated carbocycles. The van der Waals surface area contributed by atoms with E-state index < -0.39 is 6.10 Å². The Kier molecular flexibility index (Phi) is 5.74. The van der Waals surface area contributed by atoms with Gasteiger partial charge in [0, 0.05) is 24.4 Å². The van der Waals surface area contributed by atoms with Crippen molar-refractivity contribution in [2.24, 2.45) is 0 Å². The van der Waals surface area contributed by atoms with E-state index in [0.29, 0.717) is 12.2 Å². The SMILES string of the molecule is Cc1cc(C)c(CNC(=O)[C@H](C)OC[C@H]2CCCO2)c(=O)[nH]1. The number of aromatic amines is 1. The van der Waals surface area contributed by atoms with Crippen LogP contribution in [0.15, 0.2) is 10.9 Å². The van der Waals surface area contributed by atoms with Crippen LogP contribution >= 0.6 is 0 Å². The van der Waals surface area contributed by atoms with Crippen LogP contribution in [0.3, 0.4) is 0 Å². The van der Waals surface area contributed by atoms with Gasteiger partial charge in [0.05, 0.1) is 12.7 Å². The molecule has 1 fully saturated rings. The summed E-state index contributed by atoms with van der Waals surface area (Å²) in [6, 6.07) is 1.89. The van der Waals surface area contributed by atoms with Crippen molar-refractivity contribution in [3.05, 3.63) is 33.2 Å². The fourth-order valence-electron chi connectivity index (χ4n) is 2.52. The van der Waals surface area contributed by atoms with Gasteiger partial charge in [-0.05, 0) is 45.2 Å². The highest BCUT2D eigenvalue weighted by Gasteiger charge is 2.20. The Labute approximate surface area is 130 Å². The molecule has 1 amide bonds. The topological polar surface area (TPSA) is 80.4 Å². The molecular weight excluding hydrogens is 284 g/mol. The number of carbonyl (C=O) groups is 1. The quantitative estimate of drug-likeness (QED) is 0.827. The van der Waals surface area contributed by atoms with E-state index in [2.05, 4.69) is 10.3 Å². The minimum Gasteiger partial charge on any atom is -0.376 e. The second-order valence-corrected chi connectivity index (χ2v) is 5.77. The minimum absolute atomic E-state index is 0.0948. The lowest BCUT2D eigenvalue weighted by molar-refractivity contribution is -0.133. The first kappa shape index (κ1) is 16.7. The predicted octanol–water partition coefficient (Wildman–Crippen LogP) is 1.19. The van der Waals surface area contributed by atoms with E-state index in [4.69, 9.17) is 9.47 Å². The summed E-state index contributed by atoms with van der Waals surface area (Å²) >= 11 is 0. The molecule has 0 aliphatic carbocycles. The fraction of sp³-hybridized carbons (Fsp3) is 0.625. The van der Waals surface area contributed by atoms with Crippen LogP contribution in [0.2, 0.25) is 0 Å². The summed E-state index contributed by atoms with van der Waals surface area (Å²) in [4.78, 5) is 26.6. The number of amides is 1. The molecule has 0 spiro atoms. The van der Waals surface area contributed by atoms with E-state index in [-0.39, 0.29) is 24.1 Å². The van der Waals surface area contributed by atoms with Crippen LogP contribution in [0.4, 0.5) is 0 Å². The number of pyridine rings is 1. The smallest absolute Gasteiger partial charge is 0.253 e. The zero-order valence-electron chi connectivity index (χ0n) is 13.4. The van der Waals surface area contributed by atoms with Crippen molar-refractivity contribution < 1.29 is 14.3 Å².